The standard InChI is InChI=1S/C20H27N5O2/c1-13-18(14(2)27-23-13)16-10-17-19(21-11-16)22-20(24-6-8-26-9-7-24)25(17)12-15-4-3-5-15/h10,15,21H,3-9,11-12H2,1-2H3. The molecule has 2 aromatic rings. The van der Waals surface area contributed by atoms with Crippen LogP contribution in [-0.4, -0.2) is 47.6 Å². The van der Waals surface area contributed by atoms with Crippen molar-refractivity contribution in [2.24, 2.45) is 5.92 Å². The maximum absolute atomic E-state index is 5.55. The summed E-state index contributed by atoms with van der Waals surface area (Å²) in [5.74, 6) is 3.72. The number of morpholine rings is 1. The summed E-state index contributed by atoms with van der Waals surface area (Å²) in [6, 6.07) is 0. The summed E-state index contributed by atoms with van der Waals surface area (Å²) in [4.78, 5) is 7.35. The number of rotatable bonds is 4. The number of aryl methyl sites for hydroxylation is 2. The van der Waals surface area contributed by atoms with E-state index in [1.54, 1.807) is 0 Å². The predicted octanol–water partition coefficient (Wildman–Crippen LogP) is 3.09. The molecule has 5 rings (SSSR count). The van der Waals surface area contributed by atoms with E-state index in [1.165, 1.54) is 30.5 Å². The Bertz CT molecular complexity index is 852. The summed E-state index contributed by atoms with van der Waals surface area (Å²) in [5, 5.41) is 7.67. The van der Waals surface area contributed by atoms with Crippen molar-refractivity contribution in [2.75, 3.05) is 43.1 Å². The number of imidazole rings is 1. The number of hydrogen-bond donors (Lipinski definition) is 1. The summed E-state index contributed by atoms with van der Waals surface area (Å²) >= 11 is 0. The fraction of sp³-hybridized carbons (Fsp3) is 0.600. The zero-order chi connectivity index (χ0) is 18.4. The third-order valence-corrected chi connectivity index (χ3v) is 6.06. The lowest BCUT2D eigenvalue weighted by atomic mass is 9.85. The highest BCUT2D eigenvalue weighted by molar-refractivity contribution is 5.90. The van der Waals surface area contributed by atoms with Gasteiger partial charge in [0, 0.05) is 31.7 Å². The summed E-state index contributed by atoms with van der Waals surface area (Å²) in [7, 11) is 0. The Labute approximate surface area is 159 Å². The number of hydrogen-bond acceptors (Lipinski definition) is 6. The molecule has 1 saturated heterocycles. The summed E-state index contributed by atoms with van der Waals surface area (Å²) < 4.78 is 13.4. The third kappa shape index (κ3) is 2.94. The molecular weight excluding hydrogens is 342 g/mol. The second-order valence-corrected chi connectivity index (χ2v) is 7.87. The van der Waals surface area contributed by atoms with Gasteiger partial charge >= 0.3 is 0 Å². The fourth-order valence-electron chi connectivity index (χ4n) is 4.34. The van der Waals surface area contributed by atoms with E-state index in [9.17, 15) is 0 Å². The van der Waals surface area contributed by atoms with Crippen molar-refractivity contribution in [2.45, 2.75) is 39.7 Å². The average Bonchev–Trinajstić information content (AvgIpc) is 3.18. The van der Waals surface area contributed by atoms with Crippen LogP contribution in [0.4, 0.5) is 11.8 Å². The van der Waals surface area contributed by atoms with Crippen LogP contribution in [0.5, 0.6) is 0 Å². The van der Waals surface area contributed by atoms with Gasteiger partial charge in [-0.25, -0.2) is 0 Å². The van der Waals surface area contributed by atoms with Gasteiger partial charge in [0.15, 0.2) is 5.82 Å². The van der Waals surface area contributed by atoms with Crippen molar-refractivity contribution in [1.29, 1.82) is 0 Å². The van der Waals surface area contributed by atoms with E-state index in [1.807, 2.05) is 13.8 Å². The molecule has 2 aliphatic heterocycles. The van der Waals surface area contributed by atoms with Gasteiger partial charge in [0.1, 0.15) is 5.76 Å². The topological polar surface area (TPSA) is 68.3 Å². The highest BCUT2D eigenvalue weighted by Gasteiger charge is 2.29. The number of nitrogens with zero attached hydrogens (tertiary/aromatic N) is 4. The molecule has 0 aromatic carbocycles. The van der Waals surface area contributed by atoms with E-state index in [2.05, 4.69) is 26.0 Å². The Hall–Kier alpha value is -2.28. The Morgan fingerprint density at radius 2 is 2.04 bits per heavy atom. The van der Waals surface area contributed by atoms with Crippen LogP contribution in [0.25, 0.3) is 11.6 Å². The van der Waals surface area contributed by atoms with Crippen LogP contribution in [0, 0.1) is 19.8 Å². The normalized spacial score (nSPS) is 20.1. The Kier molecular flexibility index (Phi) is 4.19. The van der Waals surface area contributed by atoms with E-state index in [0.29, 0.717) is 0 Å². The van der Waals surface area contributed by atoms with Gasteiger partial charge < -0.3 is 24.0 Å². The molecule has 1 aliphatic carbocycles. The molecule has 2 fully saturated rings. The summed E-state index contributed by atoms with van der Waals surface area (Å²) in [5.41, 5.74) is 4.48. The van der Waals surface area contributed by atoms with Gasteiger partial charge in [0.05, 0.1) is 24.6 Å². The fourth-order valence-corrected chi connectivity index (χ4v) is 4.34. The molecule has 7 heteroatoms. The molecule has 0 amide bonds. The number of aromatic nitrogens is 3. The van der Waals surface area contributed by atoms with Crippen LogP contribution in [0.3, 0.4) is 0 Å². The highest BCUT2D eigenvalue weighted by atomic mass is 16.5. The van der Waals surface area contributed by atoms with Crippen molar-refractivity contribution >= 4 is 23.4 Å². The lowest BCUT2D eigenvalue weighted by Gasteiger charge is -2.31. The number of fused-ring (bicyclic) bond motifs is 1. The Morgan fingerprint density at radius 1 is 1.22 bits per heavy atom. The highest BCUT2D eigenvalue weighted by Crippen LogP contribution is 2.37. The van der Waals surface area contributed by atoms with Crippen molar-refractivity contribution in [3.8, 4) is 0 Å². The molecule has 4 heterocycles. The van der Waals surface area contributed by atoms with Gasteiger partial charge in [-0.15, -0.1) is 0 Å². The molecule has 0 bridgehead atoms. The zero-order valence-electron chi connectivity index (χ0n) is 16.1. The average molecular weight is 369 g/mol. The zero-order valence-corrected chi connectivity index (χ0v) is 16.1. The van der Waals surface area contributed by atoms with Crippen LogP contribution >= 0.6 is 0 Å². The maximum atomic E-state index is 5.55. The molecule has 0 spiro atoms. The van der Waals surface area contributed by atoms with Crippen molar-refractivity contribution < 1.29 is 9.26 Å². The van der Waals surface area contributed by atoms with E-state index in [4.69, 9.17) is 14.2 Å². The van der Waals surface area contributed by atoms with Gasteiger partial charge in [-0.2, -0.15) is 4.98 Å². The van der Waals surface area contributed by atoms with E-state index < -0.39 is 0 Å². The SMILES string of the molecule is Cc1noc(C)c1C1=Cc2c(nc(N3CCOCC3)n2CC2CCC2)NC1. The van der Waals surface area contributed by atoms with Crippen molar-refractivity contribution in [1.82, 2.24) is 14.7 Å². The first-order chi connectivity index (χ1) is 13.2. The van der Waals surface area contributed by atoms with E-state index in [-0.39, 0.29) is 0 Å². The molecule has 144 valence electrons. The van der Waals surface area contributed by atoms with Gasteiger partial charge in [0.25, 0.3) is 0 Å². The second-order valence-electron chi connectivity index (χ2n) is 7.87. The van der Waals surface area contributed by atoms with Crippen LogP contribution in [-0.2, 0) is 11.3 Å². The van der Waals surface area contributed by atoms with Gasteiger partial charge in [-0.3, -0.25) is 0 Å². The minimum atomic E-state index is 0.749. The second kappa shape index (κ2) is 6.71. The van der Waals surface area contributed by atoms with Crippen molar-refractivity contribution in [3.63, 3.8) is 0 Å². The largest absolute Gasteiger partial charge is 0.378 e. The quantitative estimate of drug-likeness (QED) is 0.893. The Balaban J connectivity index is 1.56. The molecule has 2 aromatic heterocycles. The van der Waals surface area contributed by atoms with Gasteiger partial charge in [-0.05, 0) is 44.3 Å². The molecule has 7 nitrogen and oxygen atoms in total. The van der Waals surface area contributed by atoms with Crippen LogP contribution in [0.1, 0.15) is 42.0 Å². The number of anilines is 2. The number of nitrogens with one attached hydrogen (secondary N) is 1. The molecule has 1 N–H and O–H groups in total. The molecular formula is C20H27N5O2. The van der Waals surface area contributed by atoms with Crippen LogP contribution in [0.15, 0.2) is 4.52 Å². The maximum Gasteiger partial charge on any atom is 0.208 e. The van der Waals surface area contributed by atoms with Gasteiger partial charge in [0.2, 0.25) is 5.95 Å². The molecule has 0 atom stereocenters. The first kappa shape index (κ1) is 16.9. The number of ether oxygens (including phenoxy) is 1. The minimum absolute atomic E-state index is 0.749. The smallest absolute Gasteiger partial charge is 0.208 e. The molecule has 0 unspecified atom stereocenters. The first-order valence-electron chi connectivity index (χ1n) is 10.0. The third-order valence-electron chi connectivity index (χ3n) is 6.06. The monoisotopic (exact) mass is 369 g/mol. The van der Waals surface area contributed by atoms with Crippen LogP contribution in [0.2, 0.25) is 0 Å². The van der Waals surface area contributed by atoms with E-state index >= 15 is 0 Å². The molecule has 27 heavy (non-hydrogen) atoms. The lowest BCUT2D eigenvalue weighted by molar-refractivity contribution is 0.121. The van der Waals surface area contributed by atoms with Gasteiger partial charge in [-0.1, -0.05) is 11.6 Å². The summed E-state index contributed by atoms with van der Waals surface area (Å²) in [6.07, 6.45) is 6.29. The minimum Gasteiger partial charge on any atom is -0.378 e. The first-order valence-corrected chi connectivity index (χ1v) is 10.0. The Morgan fingerprint density at radius 3 is 2.70 bits per heavy atom. The van der Waals surface area contributed by atoms with Crippen LogP contribution < -0.4 is 10.2 Å². The molecule has 3 aliphatic rings. The van der Waals surface area contributed by atoms with E-state index in [0.717, 1.165) is 74.1 Å². The predicted molar refractivity (Wildman–Crippen MR) is 105 cm³/mol. The summed E-state index contributed by atoms with van der Waals surface area (Å²) in [6.45, 7) is 9.13. The molecule has 1 saturated carbocycles. The molecule has 0 radical (unpaired) electrons. The van der Waals surface area contributed by atoms with Crippen molar-refractivity contribution in [3.05, 3.63) is 22.7 Å². The lowest BCUT2D eigenvalue weighted by Crippen LogP contribution is -2.38.